The lowest BCUT2D eigenvalue weighted by Gasteiger charge is -2.10. The molecule has 1 aromatic heterocycles. The summed E-state index contributed by atoms with van der Waals surface area (Å²) in [5, 5.41) is 6.54. The van der Waals surface area contributed by atoms with E-state index in [1.807, 2.05) is 44.2 Å². The first-order chi connectivity index (χ1) is 12.0. The first-order valence-corrected chi connectivity index (χ1v) is 8.13. The Morgan fingerprint density at radius 1 is 0.960 bits per heavy atom. The number of amides is 1. The van der Waals surface area contributed by atoms with Crippen LogP contribution in [0, 0.1) is 13.8 Å². The largest absolute Gasteiger partial charge is 0.339 e. The molecule has 126 valence electrons. The van der Waals surface area contributed by atoms with Gasteiger partial charge in [0.05, 0.1) is 12.4 Å². The molecule has 0 fully saturated rings. The topological polar surface area (TPSA) is 66.9 Å². The summed E-state index contributed by atoms with van der Waals surface area (Å²) in [6.07, 6.45) is 2.97. The van der Waals surface area contributed by atoms with Crippen LogP contribution in [0.1, 0.15) is 21.6 Å². The summed E-state index contributed by atoms with van der Waals surface area (Å²) < 4.78 is 0. The van der Waals surface area contributed by atoms with E-state index in [0.717, 1.165) is 16.8 Å². The third-order valence-corrected chi connectivity index (χ3v) is 3.98. The minimum atomic E-state index is -0.333. The van der Waals surface area contributed by atoms with Crippen molar-refractivity contribution in [1.29, 1.82) is 0 Å². The molecule has 3 rings (SSSR count). The Morgan fingerprint density at radius 2 is 1.72 bits per heavy atom. The molecule has 2 aromatic carbocycles. The second-order valence-corrected chi connectivity index (χ2v) is 6.08. The number of hydrogen-bond acceptors (Lipinski definition) is 4. The molecule has 0 bridgehead atoms. The van der Waals surface area contributed by atoms with Crippen LogP contribution in [0.15, 0.2) is 54.9 Å². The van der Waals surface area contributed by atoms with Crippen molar-refractivity contribution in [2.24, 2.45) is 0 Å². The van der Waals surface area contributed by atoms with Crippen molar-refractivity contribution in [1.82, 2.24) is 9.97 Å². The highest BCUT2D eigenvalue weighted by Crippen LogP contribution is 2.21. The number of nitrogens with one attached hydrogen (secondary N) is 2. The zero-order valence-corrected chi connectivity index (χ0v) is 14.6. The molecule has 0 radical (unpaired) electrons. The predicted octanol–water partition coefficient (Wildman–Crippen LogP) is 4.74. The standard InChI is InChI=1S/C19H17ClN4O/c1-12-5-3-4-6-15(12)23-18-11-21-17(10-22-18)19(25)24-16-9-14(20)8-7-13(16)2/h3-11H,1-2H3,(H,22,23)(H,24,25). The van der Waals surface area contributed by atoms with Crippen molar-refractivity contribution in [2.75, 3.05) is 10.6 Å². The number of para-hydroxylation sites is 1. The maximum Gasteiger partial charge on any atom is 0.275 e. The molecule has 0 saturated carbocycles. The molecular weight excluding hydrogens is 336 g/mol. The number of nitrogens with zero attached hydrogens (tertiary/aromatic N) is 2. The van der Waals surface area contributed by atoms with Crippen molar-refractivity contribution in [2.45, 2.75) is 13.8 Å². The van der Waals surface area contributed by atoms with Crippen LogP contribution in [-0.2, 0) is 0 Å². The molecule has 0 saturated heterocycles. The molecule has 1 heterocycles. The second-order valence-electron chi connectivity index (χ2n) is 5.64. The Hall–Kier alpha value is -2.92. The average Bonchev–Trinajstić information content (AvgIpc) is 2.61. The summed E-state index contributed by atoms with van der Waals surface area (Å²) in [7, 11) is 0. The van der Waals surface area contributed by atoms with E-state index < -0.39 is 0 Å². The number of carbonyl (C=O) groups is 1. The smallest absolute Gasteiger partial charge is 0.275 e. The number of anilines is 3. The van der Waals surface area contributed by atoms with Crippen molar-refractivity contribution >= 4 is 34.7 Å². The highest BCUT2D eigenvalue weighted by molar-refractivity contribution is 6.31. The number of halogens is 1. The van der Waals surface area contributed by atoms with Crippen molar-refractivity contribution in [3.63, 3.8) is 0 Å². The first kappa shape index (κ1) is 16.9. The van der Waals surface area contributed by atoms with Crippen molar-refractivity contribution in [3.05, 3.63) is 76.7 Å². The lowest BCUT2D eigenvalue weighted by Crippen LogP contribution is -2.15. The van der Waals surface area contributed by atoms with Crippen LogP contribution < -0.4 is 10.6 Å². The van der Waals surface area contributed by atoms with E-state index >= 15 is 0 Å². The van der Waals surface area contributed by atoms with E-state index in [9.17, 15) is 4.79 Å². The fraction of sp³-hybridized carbons (Fsp3) is 0.105. The Bertz CT molecular complexity index is 910. The van der Waals surface area contributed by atoms with E-state index in [1.54, 1.807) is 12.1 Å². The summed E-state index contributed by atoms with van der Waals surface area (Å²) in [5.41, 5.74) is 3.85. The zero-order chi connectivity index (χ0) is 17.8. The van der Waals surface area contributed by atoms with Gasteiger partial charge in [-0.1, -0.05) is 35.9 Å². The summed E-state index contributed by atoms with van der Waals surface area (Å²) >= 11 is 5.97. The van der Waals surface area contributed by atoms with Gasteiger partial charge < -0.3 is 10.6 Å². The van der Waals surface area contributed by atoms with Crippen LogP contribution in [0.25, 0.3) is 0 Å². The van der Waals surface area contributed by atoms with Crippen LogP contribution in [-0.4, -0.2) is 15.9 Å². The second kappa shape index (κ2) is 7.32. The number of aromatic nitrogens is 2. The van der Waals surface area contributed by atoms with Crippen molar-refractivity contribution < 1.29 is 4.79 Å². The number of aryl methyl sites for hydroxylation is 2. The van der Waals surface area contributed by atoms with Gasteiger partial charge in [0.15, 0.2) is 0 Å². The molecule has 25 heavy (non-hydrogen) atoms. The van der Waals surface area contributed by atoms with Gasteiger partial charge >= 0.3 is 0 Å². The molecule has 0 atom stereocenters. The normalized spacial score (nSPS) is 10.4. The molecule has 2 N–H and O–H groups in total. The molecular formula is C19H17ClN4O. The van der Waals surface area contributed by atoms with Crippen LogP contribution in [0.2, 0.25) is 5.02 Å². The lowest BCUT2D eigenvalue weighted by atomic mass is 10.2. The molecule has 5 nitrogen and oxygen atoms in total. The molecule has 0 aliphatic heterocycles. The van der Waals surface area contributed by atoms with Crippen LogP contribution in [0.5, 0.6) is 0 Å². The predicted molar refractivity (Wildman–Crippen MR) is 101 cm³/mol. The molecule has 1 amide bonds. The Morgan fingerprint density at radius 3 is 2.44 bits per heavy atom. The fourth-order valence-electron chi connectivity index (χ4n) is 2.28. The number of rotatable bonds is 4. The monoisotopic (exact) mass is 352 g/mol. The van der Waals surface area contributed by atoms with Gasteiger partial charge in [-0.3, -0.25) is 4.79 Å². The third-order valence-electron chi connectivity index (χ3n) is 3.74. The molecule has 0 aliphatic carbocycles. The summed E-state index contributed by atoms with van der Waals surface area (Å²) in [6, 6.07) is 13.2. The van der Waals surface area contributed by atoms with Gasteiger partial charge in [-0.15, -0.1) is 0 Å². The van der Waals surface area contributed by atoms with Crippen molar-refractivity contribution in [3.8, 4) is 0 Å². The number of hydrogen-bond donors (Lipinski definition) is 2. The van der Waals surface area contributed by atoms with Crippen LogP contribution in [0.3, 0.4) is 0 Å². The fourth-order valence-corrected chi connectivity index (χ4v) is 2.45. The van der Waals surface area contributed by atoms with Crippen LogP contribution >= 0.6 is 11.6 Å². The highest BCUT2D eigenvalue weighted by Gasteiger charge is 2.10. The van der Waals surface area contributed by atoms with E-state index in [1.165, 1.54) is 12.4 Å². The Kier molecular flexibility index (Phi) is 4.95. The van der Waals surface area contributed by atoms with E-state index in [0.29, 0.717) is 16.5 Å². The van der Waals surface area contributed by atoms with Gasteiger partial charge in [-0.25, -0.2) is 9.97 Å². The van der Waals surface area contributed by atoms with Gasteiger partial charge in [0.1, 0.15) is 11.5 Å². The maximum atomic E-state index is 12.3. The quantitative estimate of drug-likeness (QED) is 0.711. The number of benzene rings is 2. The lowest BCUT2D eigenvalue weighted by molar-refractivity contribution is 0.102. The van der Waals surface area contributed by atoms with Gasteiger partial charge in [0, 0.05) is 16.4 Å². The molecule has 0 unspecified atom stereocenters. The van der Waals surface area contributed by atoms with Gasteiger partial charge in [0.2, 0.25) is 0 Å². The molecule has 0 aliphatic rings. The molecule has 0 spiro atoms. The third kappa shape index (κ3) is 4.14. The van der Waals surface area contributed by atoms with E-state index in [-0.39, 0.29) is 11.6 Å². The minimum Gasteiger partial charge on any atom is -0.339 e. The first-order valence-electron chi connectivity index (χ1n) is 7.75. The van der Waals surface area contributed by atoms with Gasteiger partial charge in [-0.2, -0.15) is 0 Å². The Labute approximate surface area is 151 Å². The minimum absolute atomic E-state index is 0.231. The van der Waals surface area contributed by atoms with E-state index in [4.69, 9.17) is 11.6 Å². The molecule has 3 aromatic rings. The summed E-state index contributed by atoms with van der Waals surface area (Å²) in [5.74, 6) is 0.241. The van der Waals surface area contributed by atoms with E-state index in [2.05, 4.69) is 20.6 Å². The van der Waals surface area contributed by atoms with Gasteiger partial charge in [-0.05, 0) is 43.2 Å². The van der Waals surface area contributed by atoms with Gasteiger partial charge in [0.25, 0.3) is 5.91 Å². The zero-order valence-electron chi connectivity index (χ0n) is 13.9. The average molecular weight is 353 g/mol. The maximum absolute atomic E-state index is 12.3. The SMILES string of the molecule is Cc1ccc(Cl)cc1NC(=O)c1cnc(Nc2ccccc2C)cn1. The molecule has 6 heteroatoms. The van der Waals surface area contributed by atoms with Crippen LogP contribution in [0.4, 0.5) is 17.2 Å². The number of carbonyl (C=O) groups excluding carboxylic acids is 1. The summed E-state index contributed by atoms with van der Waals surface area (Å²) in [4.78, 5) is 20.8. The highest BCUT2D eigenvalue weighted by atomic mass is 35.5. The summed E-state index contributed by atoms with van der Waals surface area (Å²) in [6.45, 7) is 3.90. The Balaban J connectivity index is 1.72.